The number of fused-ring (bicyclic) bond motifs is 1. The summed E-state index contributed by atoms with van der Waals surface area (Å²) in [4.78, 5) is 20.9. The molecule has 1 aromatic carbocycles. The number of carbonyl (C=O) groups excluding carboxylic acids is 1. The van der Waals surface area contributed by atoms with Gasteiger partial charge in [0.2, 0.25) is 5.91 Å². The van der Waals surface area contributed by atoms with Crippen molar-refractivity contribution in [3.8, 4) is 0 Å². The summed E-state index contributed by atoms with van der Waals surface area (Å²) < 4.78 is 12.4. The predicted molar refractivity (Wildman–Crippen MR) is 98.7 cm³/mol. The van der Waals surface area contributed by atoms with Gasteiger partial charge in [-0.25, -0.2) is 4.98 Å². The molecule has 5 nitrogen and oxygen atoms in total. The van der Waals surface area contributed by atoms with E-state index in [0.717, 1.165) is 15.3 Å². The van der Waals surface area contributed by atoms with Crippen molar-refractivity contribution in [2.24, 2.45) is 0 Å². The third-order valence-electron chi connectivity index (χ3n) is 3.74. The Morgan fingerprint density at radius 2 is 2.09 bits per heavy atom. The van der Waals surface area contributed by atoms with E-state index in [-0.39, 0.29) is 11.9 Å². The molecule has 1 heterocycles. The number of likely N-dealkylation sites (N-methyl/N-ethyl adjacent to an activating group) is 2. The van der Waals surface area contributed by atoms with Gasteiger partial charge in [-0.2, -0.15) is 0 Å². The van der Waals surface area contributed by atoms with E-state index in [1.54, 1.807) is 11.2 Å². The number of anilines is 1. The van der Waals surface area contributed by atoms with Crippen LogP contribution < -0.4 is 4.90 Å². The van der Waals surface area contributed by atoms with Gasteiger partial charge in [-0.1, -0.05) is 23.5 Å². The summed E-state index contributed by atoms with van der Waals surface area (Å²) >= 11 is 1.53. The normalized spacial score (nSPS) is 14.1. The van der Waals surface area contributed by atoms with Crippen LogP contribution >= 0.6 is 11.3 Å². The maximum absolute atomic E-state index is 12.6. The van der Waals surface area contributed by atoms with Gasteiger partial charge in [-0.05, 0) is 33.0 Å². The Balaban J connectivity index is 2.10. The van der Waals surface area contributed by atoms with Crippen molar-refractivity contribution in [3.05, 3.63) is 24.3 Å². The first kappa shape index (κ1) is 18.0. The quantitative estimate of drug-likeness (QED) is 0.767. The Labute approximate surface area is 143 Å². The van der Waals surface area contributed by atoms with Crippen molar-refractivity contribution in [1.29, 1.82) is 0 Å². The van der Waals surface area contributed by atoms with Gasteiger partial charge >= 0.3 is 0 Å². The maximum Gasteiger partial charge on any atom is 0.242 e. The molecular formula is C16H23N3O2S2. The highest BCUT2D eigenvalue weighted by atomic mass is 32.2. The third-order valence-corrected chi connectivity index (χ3v) is 5.76. The topological polar surface area (TPSA) is 53.5 Å². The van der Waals surface area contributed by atoms with Gasteiger partial charge in [0.05, 0.1) is 16.8 Å². The molecule has 0 saturated carbocycles. The van der Waals surface area contributed by atoms with E-state index in [1.165, 1.54) is 11.3 Å². The molecule has 7 heteroatoms. The lowest BCUT2D eigenvalue weighted by Crippen LogP contribution is -2.43. The molecule has 2 aromatic rings. The standard InChI is InChI=1S/C16H23N3O2S2/c1-5-19(15(20)10-18(3)12(2)11-23(4)21)16-17-13-8-6-7-9-14(13)22-16/h6-9,12H,5,10-11H2,1-4H3/t12-,23+/m1/s1. The zero-order valence-corrected chi connectivity index (χ0v) is 15.6. The van der Waals surface area contributed by atoms with Crippen LogP contribution in [0.4, 0.5) is 5.13 Å². The van der Waals surface area contributed by atoms with Crippen molar-refractivity contribution in [1.82, 2.24) is 9.88 Å². The SMILES string of the molecule is CCN(C(=O)CN(C)[C@H](C)C[S@](C)=O)c1nc2ccccc2s1. The smallest absolute Gasteiger partial charge is 0.242 e. The van der Waals surface area contributed by atoms with Crippen molar-refractivity contribution >= 4 is 43.4 Å². The molecule has 1 aromatic heterocycles. The lowest BCUT2D eigenvalue weighted by molar-refractivity contribution is -0.119. The summed E-state index contributed by atoms with van der Waals surface area (Å²) in [6.07, 6.45) is 1.69. The van der Waals surface area contributed by atoms with E-state index in [1.807, 2.05) is 50.1 Å². The summed E-state index contributed by atoms with van der Waals surface area (Å²) in [7, 11) is 1.02. The van der Waals surface area contributed by atoms with Crippen molar-refractivity contribution in [2.45, 2.75) is 19.9 Å². The van der Waals surface area contributed by atoms with Crippen molar-refractivity contribution in [3.63, 3.8) is 0 Å². The summed E-state index contributed by atoms with van der Waals surface area (Å²) in [5.74, 6) is 0.583. The second-order valence-electron chi connectivity index (χ2n) is 5.61. The summed E-state index contributed by atoms with van der Waals surface area (Å²) in [6, 6.07) is 7.99. The summed E-state index contributed by atoms with van der Waals surface area (Å²) in [6.45, 7) is 4.82. The summed E-state index contributed by atoms with van der Waals surface area (Å²) in [5, 5.41) is 0.735. The largest absolute Gasteiger partial charge is 0.294 e. The minimum Gasteiger partial charge on any atom is -0.294 e. The molecule has 0 aliphatic heterocycles. The highest BCUT2D eigenvalue weighted by Gasteiger charge is 2.21. The lowest BCUT2D eigenvalue weighted by atomic mass is 10.3. The van der Waals surface area contributed by atoms with Crippen LogP contribution in [0.2, 0.25) is 0 Å². The third kappa shape index (κ3) is 4.59. The van der Waals surface area contributed by atoms with Gasteiger partial charge in [-0.15, -0.1) is 0 Å². The molecule has 0 fully saturated rings. The molecule has 0 aliphatic rings. The van der Waals surface area contributed by atoms with Crippen LogP contribution in [-0.4, -0.2) is 58.2 Å². The van der Waals surface area contributed by atoms with E-state index in [0.29, 0.717) is 18.8 Å². The average Bonchev–Trinajstić information content (AvgIpc) is 2.90. The van der Waals surface area contributed by atoms with E-state index in [4.69, 9.17) is 0 Å². The molecule has 0 spiro atoms. The molecule has 0 aliphatic carbocycles. The monoisotopic (exact) mass is 353 g/mol. The zero-order chi connectivity index (χ0) is 17.0. The Hall–Kier alpha value is -1.31. The second kappa shape index (κ2) is 7.99. The second-order valence-corrected chi connectivity index (χ2v) is 8.09. The first-order chi connectivity index (χ1) is 10.9. The van der Waals surface area contributed by atoms with Gasteiger partial charge < -0.3 is 0 Å². The zero-order valence-electron chi connectivity index (χ0n) is 14.0. The molecule has 0 N–H and O–H groups in total. The van der Waals surface area contributed by atoms with Gasteiger partial charge in [0.1, 0.15) is 0 Å². The molecule has 0 bridgehead atoms. The van der Waals surface area contributed by atoms with Gasteiger partial charge in [-0.3, -0.25) is 18.8 Å². The fraction of sp³-hybridized carbons (Fsp3) is 0.500. The first-order valence-electron chi connectivity index (χ1n) is 7.58. The first-order valence-corrected chi connectivity index (χ1v) is 10.1. The highest BCUT2D eigenvalue weighted by Crippen LogP contribution is 2.28. The van der Waals surface area contributed by atoms with Gasteiger partial charge in [0.25, 0.3) is 0 Å². The van der Waals surface area contributed by atoms with Crippen LogP contribution in [-0.2, 0) is 15.6 Å². The number of carbonyl (C=O) groups is 1. The van der Waals surface area contributed by atoms with Crippen LogP contribution in [0.1, 0.15) is 13.8 Å². The van der Waals surface area contributed by atoms with Crippen LogP contribution in [0.15, 0.2) is 24.3 Å². The number of thiazole rings is 1. The molecule has 2 atom stereocenters. The number of aromatic nitrogens is 1. The average molecular weight is 354 g/mol. The van der Waals surface area contributed by atoms with Gasteiger partial charge in [0.15, 0.2) is 5.13 Å². The Bertz CT molecular complexity index is 668. The summed E-state index contributed by atoms with van der Waals surface area (Å²) in [5.41, 5.74) is 0.918. The van der Waals surface area contributed by atoms with Crippen LogP contribution in [0.3, 0.4) is 0 Å². The van der Waals surface area contributed by atoms with E-state index in [9.17, 15) is 9.00 Å². The lowest BCUT2D eigenvalue weighted by Gasteiger charge is -2.26. The highest BCUT2D eigenvalue weighted by molar-refractivity contribution is 7.84. The number of para-hydroxylation sites is 1. The van der Waals surface area contributed by atoms with Crippen molar-refractivity contribution < 1.29 is 9.00 Å². The molecule has 126 valence electrons. The molecule has 23 heavy (non-hydrogen) atoms. The Morgan fingerprint density at radius 1 is 1.39 bits per heavy atom. The van der Waals surface area contributed by atoms with Crippen LogP contribution in [0.25, 0.3) is 10.2 Å². The molecule has 0 saturated heterocycles. The fourth-order valence-electron chi connectivity index (χ4n) is 2.32. The van der Waals surface area contributed by atoms with Crippen molar-refractivity contribution in [2.75, 3.05) is 37.0 Å². The molecule has 0 radical (unpaired) electrons. The maximum atomic E-state index is 12.6. The molecular weight excluding hydrogens is 330 g/mol. The number of rotatable bonds is 7. The Kier molecular flexibility index (Phi) is 6.26. The van der Waals surface area contributed by atoms with Gasteiger partial charge in [0, 0.05) is 35.4 Å². The fourth-order valence-corrected chi connectivity index (χ4v) is 4.30. The number of amides is 1. The van der Waals surface area contributed by atoms with E-state index < -0.39 is 10.8 Å². The molecule has 1 amide bonds. The van der Waals surface area contributed by atoms with E-state index >= 15 is 0 Å². The Morgan fingerprint density at radius 3 is 2.70 bits per heavy atom. The molecule has 0 unspecified atom stereocenters. The number of nitrogens with zero attached hydrogens (tertiary/aromatic N) is 3. The predicted octanol–water partition coefficient (Wildman–Crippen LogP) is 2.35. The number of hydrogen-bond acceptors (Lipinski definition) is 5. The van der Waals surface area contributed by atoms with Crippen LogP contribution in [0, 0.1) is 0 Å². The number of benzene rings is 1. The van der Waals surface area contributed by atoms with E-state index in [2.05, 4.69) is 4.98 Å². The molecule has 2 rings (SSSR count). The van der Waals surface area contributed by atoms with Crippen LogP contribution in [0.5, 0.6) is 0 Å². The minimum absolute atomic E-state index is 0.0165. The number of hydrogen-bond donors (Lipinski definition) is 0. The minimum atomic E-state index is -0.867.